The van der Waals surface area contributed by atoms with E-state index in [0.29, 0.717) is 18.7 Å². The van der Waals surface area contributed by atoms with Crippen LogP contribution in [0.5, 0.6) is 0 Å². The largest absolute Gasteiger partial charge is 0.353 e. The standard InChI is InChI=1S/C16H21N3O3S/c1-12-14(16(20)18-13-5-9-23-11-13)10-17-19(12)6-8-22-15-4-2-3-7-21-15/h5,9-11,15H,2-4,6-8H2,1H3,(H,18,20). The number of thiophene rings is 1. The molecule has 6 nitrogen and oxygen atoms in total. The van der Waals surface area contributed by atoms with Crippen LogP contribution in [-0.2, 0) is 16.0 Å². The van der Waals surface area contributed by atoms with Crippen LogP contribution in [0.2, 0.25) is 0 Å². The first-order chi connectivity index (χ1) is 11.2. The molecule has 1 N–H and O–H groups in total. The highest BCUT2D eigenvalue weighted by atomic mass is 32.1. The van der Waals surface area contributed by atoms with Gasteiger partial charge in [0.15, 0.2) is 6.29 Å². The molecule has 2 aromatic heterocycles. The van der Waals surface area contributed by atoms with E-state index >= 15 is 0 Å². The van der Waals surface area contributed by atoms with Gasteiger partial charge >= 0.3 is 0 Å². The molecule has 3 heterocycles. The second kappa shape index (κ2) is 7.72. The van der Waals surface area contributed by atoms with Gasteiger partial charge in [0.25, 0.3) is 5.91 Å². The Morgan fingerprint density at radius 1 is 1.57 bits per heavy atom. The summed E-state index contributed by atoms with van der Waals surface area (Å²) in [5.74, 6) is -0.135. The molecule has 1 saturated heterocycles. The second-order valence-electron chi connectivity index (χ2n) is 5.50. The second-order valence-corrected chi connectivity index (χ2v) is 6.28. The first-order valence-corrected chi connectivity index (χ1v) is 8.77. The van der Waals surface area contributed by atoms with Crippen molar-refractivity contribution in [2.24, 2.45) is 0 Å². The predicted molar refractivity (Wildman–Crippen MR) is 88.8 cm³/mol. The normalized spacial score (nSPS) is 18.0. The van der Waals surface area contributed by atoms with Gasteiger partial charge in [-0.15, -0.1) is 0 Å². The fourth-order valence-corrected chi connectivity index (χ4v) is 3.13. The van der Waals surface area contributed by atoms with Crippen LogP contribution in [-0.4, -0.2) is 35.2 Å². The minimum absolute atomic E-state index is 0.0963. The lowest BCUT2D eigenvalue weighted by atomic mass is 10.2. The average molecular weight is 335 g/mol. The Hall–Kier alpha value is -1.70. The van der Waals surface area contributed by atoms with Crippen molar-refractivity contribution in [2.75, 3.05) is 18.5 Å². The molecule has 2 aromatic rings. The van der Waals surface area contributed by atoms with Crippen LogP contribution in [0.4, 0.5) is 5.69 Å². The van der Waals surface area contributed by atoms with Gasteiger partial charge in [0, 0.05) is 17.7 Å². The maximum atomic E-state index is 12.3. The van der Waals surface area contributed by atoms with Gasteiger partial charge in [-0.2, -0.15) is 16.4 Å². The quantitative estimate of drug-likeness (QED) is 0.881. The molecule has 23 heavy (non-hydrogen) atoms. The lowest BCUT2D eigenvalue weighted by molar-refractivity contribution is -0.163. The summed E-state index contributed by atoms with van der Waals surface area (Å²) in [6.45, 7) is 3.81. The monoisotopic (exact) mass is 335 g/mol. The zero-order valence-corrected chi connectivity index (χ0v) is 14.0. The highest BCUT2D eigenvalue weighted by Gasteiger charge is 2.16. The first-order valence-electron chi connectivity index (χ1n) is 7.83. The van der Waals surface area contributed by atoms with Crippen LogP contribution in [0.25, 0.3) is 0 Å². The van der Waals surface area contributed by atoms with E-state index in [0.717, 1.165) is 37.3 Å². The zero-order valence-electron chi connectivity index (χ0n) is 13.2. The van der Waals surface area contributed by atoms with Crippen LogP contribution in [0.1, 0.15) is 35.3 Å². The Labute approximate surface area is 139 Å². The van der Waals surface area contributed by atoms with Crippen LogP contribution < -0.4 is 5.32 Å². The molecular weight excluding hydrogens is 314 g/mol. The summed E-state index contributed by atoms with van der Waals surface area (Å²) in [6.07, 6.45) is 4.72. The van der Waals surface area contributed by atoms with Crippen molar-refractivity contribution in [1.29, 1.82) is 0 Å². The molecule has 1 unspecified atom stereocenters. The van der Waals surface area contributed by atoms with Crippen molar-refractivity contribution in [1.82, 2.24) is 9.78 Å². The van der Waals surface area contributed by atoms with Crippen LogP contribution in [0.15, 0.2) is 23.0 Å². The van der Waals surface area contributed by atoms with Gasteiger partial charge in [0.2, 0.25) is 0 Å². The van der Waals surface area contributed by atoms with Crippen LogP contribution in [0, 0.1) is 6.92 Å². The smallest absolute Gasteiger partial charge is 0.259 e. The summed E-state index contributed by atoms with van der Waals surface area (Å²) in [6, 6.07) is 1.88. The topological polar surface area (TPSA) is 65.4 Å². The number of aromatic nitrogens is 2. The molecule has 3 rings (SSSR count). The maximum Gasteiger partial charge on any atom is 0.259 e. The molecule has 0 bridgehead atoms. The Kier molecular flexibility index (Phi) is 5.43. The van der Waals surface area contributed by atoms with Gasteiger partial charge in [-0.1, -0.05) is 0 Å². The van der Waals surface area contributed by atoms with Gasteiger partial charge in [-0.05, 0) is 37.6 Å². The summed E-state index contributed by atoms with van der Waals surface area (Å²) in [7, 11) is 0. The van der Waals surface area contributed by atoms with E-state index in [2.05, 4.69) is 10.4 Å². The zero-order chi connectivity index (χ0) is 16.1. The number of nitrogens with one attached hydrogen (secondary N) is 1. The van der Waals surface area contributed by atoms with E-state index in [4.69, 9.17) is 9.47 Å². The van der Waals surface area contributed by atoms with E-state index in [-0.39, 0.29) is 12.2 Å². The number of hydrogen-bond acceptors (Lipinski definition) is 5. The van der Waals surface area contributed by atoms with Crippen molar-refractivity contribution >= 4 is 22.9 Å². The summed E-state index contributed by atoms with van der Waals surface area (Å²) < 4.78 is 13.0. The fourth-order valence-electron chi connectivity index (χ4n) is 2.54. The predicted octanol–water partition coefficient (Wildman–Crippen LogP) is 3.05. The SMILES string of the molecule is Cc1c(C(=O)Nc2ccsc2)cnn1CCOC1CCCCO1. The van der Waals surface area contributed by atoms with Crippen molar-refractivity contribution in [2.45, 2.75) is 39.0 Å². The van der Waals surface area contributed by atoms with E-state index in [1.54, 1.807) is 22.2 Å². The number of nitrogens with zero attached hydrogens (tertiary/aromatic N) is 2. The molecule has 0 radical (unpaired) electrons. The summed E-state index contributed by atoms with van der Waals surface area (Å²) in [5, 5.41) is 11.0. The number of anilines is 1. The van der Waals surface area contributed by atoms with Crippen LogP contribution in [0.3, 0.4) is 0 Å². The van der Waals surface area contributed by atoms with Crippen molar-refractivity contribution in [3.05, 3.63) is 34.3 Å². The van der Waals surface area contributed by atoms with Gasteiger partial charge in [-0.3, -0.25) is 9.48 Å². The molecule has 1 atom stereocenters. The van der Waals surface area contributed by atoms with Crippen molar-refractivity contribution in [3.8, 4) is 0 Å². The molecule has 124 valence electrons. The number of carbonyl (C=O) groups excluding carboxylic acids is 1. The minimum atomic E-state index is -0.135. The van der Waals surface area contributed by atoms with Crippen molar-refractivity contribution in [3.63, 3.8) is 0 Å². The molecule has 0 saturated carbocycles. The highest BCUT2D eigenvalue weighted by molar-refractivity contribution is 7.08. The number of amides is 1. The van der Waals surface area contributed by atoms with Crippen molar-refractivity contribution < 1.29 is 14.3 Å². The molecular formula is C16H21N3O3S. The lowest BCUT2D eigenvalue weighted by Gasteiger charge is -2.22. The summed E-state index contributed by atoms with van der Waals surface area (Å²) >= 11 is 1.55. The molecule has 1 aliphatic rings. The summed E-state index contributed by atoms with van der Waals surface area (Å²) in [4.78, 5) is 12.3. The lowest BCUT2D eigenvalue weighted by Crippen LogP contribution is -2.24. The molecule has 0 aliphatic carbocycles. The molecule has 1 aliphatic heterocycles. The molecule has 0 spiro atoms. The molecule has 0 aromatic carbocycles. The Morgan fingerprint density at radius 2 is 2.48 bits per heavy atom. The van der Waals surface area contributed by atoms with Crippen LogP contribution >= 0.6 is 11.3 Å². The average Bonchev–Trinajstić information content (AvgIpc) is 3.19. The highest BCUT2D eigenvalue weighted by Crippen LogP contribution is 2.16. The summed E-state index contributed by atoms with van der Waals surface area (Å²) in [5.41, 5.74) is 2.24. The number of carbonyl (C=O) groups is 1. The van der Waals surface area contributed by atoms with E-state index in [1.807, 2.05) is 23.8 Å². The van der Waals surface area contributed by atoms with Gasteiger partial charge < -0.3 is 14.8 Å². The Bertz CT molecular complexity index is 633. The fraction of sp³-hybridized carbons (Fsp3) is 0.500. The van der Waals surface area contributed by atoms with E-state index in [9.17, 15) is 4.79 Å². The van der Waals surface area contributed by atoms with Gasteiger partial charge in [0.05, 0.1) is 30.6 Å². The first kappa shape index (κ1) is 16.2. The Morgan fingerprint density at radius 3 is 3.22 bits per heavy atom. The maximum absolute atomic E-state index is 12.3. The van der Waals surface area contributed by atoms with E-state index < -0.39 is 0 Å². The third-order valence-corrected chi connectivity index (χ3v) is 4.55. The third-order valence-electron chi connectivity index (χ3n) is 3.87. The molecule has 1 amide bonds. The van der Waals surface area contributed by atoms with E-state index in [1.165, 1.54) is 0 Å². The molecule has 1 fully saturated rings. The third kappa shape index (κ3) is 4.19. The number of hydrogen-bond donors (Lipinski definition) is 1. The van der Waals surface area contributed by atoms with Gasteiger partial charge in [0.1, 0.15) is 0 Å². The number of ether oxygens (including phenoxy) is 2. The molecule has 7 heteroatoms. The Balaban J connectivity index is 1.52. The minimum Gasteiger partial charge on any atom is -0.353 e. The number of rotatable bonds is 6. The van der Waals surface area contributed by atoms with Gasteiger partial charge in [-0.25, -0.2) is 0 Å².